The van der Waals surface area contributed by atoms with Crippen LogP contribution in [0.15, 0.2) is 22.7 Å². The minimum atomic E-state index is -4.68. The zero-order valence-electron chi connectivity index (χ0n) is 11.5. The van der Waals surface area contributed by atoms with E-state index in [-0.39, 0.29) is 5.75 Å². The first kappa shape index (κ1) is 16.4. The molecule has 1 heterocycles. The number of ether oxygens (including phenoxy) is 2. The lowest BCUT2D eigenvalue weighted by Gasteiger charge is -2.15. The highest BCUT2D eigenvalue weighted by molar-refractivity contribution is 9.10. The molecule has 1 aliphatic rings. The second-order valence-corrected chi connectivity index (χ2v) is 5.75. The molecular formula is C14H17BrF3NO2. The van der Waals surface area contributed by atoms with Gasteiger partial charge >= 0.3 is 6.36 Å². The molecule has 3 nitrogen and oxygen atoms in total. The number of benzene rings is 1. The third-order valence-electron chi connectivity index (χ3n) is 3.21. The molecule has 0 unspecified atom stereocenters. The molecule has 0 saturated carbocycles. The van der Waals surface area contributed by atoms with Crippen LogP contribution in [-0.4, -0.2) is 37.5 Å². The van der Waals surface area contributed by atoms with Crippen LogP contribution >= 0.6 is 15.9 Å². The third-order valence-corrected chi connectivity index (χ3v) is 3.83. The van der Waals surface area contributed by atoms with Crippen molar-refractivity contribution in [1.82, 2.24) is 4.90 Å². The van der Waals surface area contributed by atoms with E-state index in [1.165, 1.54) is 31.0 Å². The Morgan fingerprint density at radius 2 is 1.90 bits per heavy atom. The van der Waals surface area contributed by atoms with Crippen LogP contribution in [0.25, 0.3) is 0 Å². The summed E-state index contributed by atoms with van der Waals surface area (Å²) in [7, 11) is 0. The average Bonchev–Trinajstić information content (AvgIpc) is 2.88. The van der Waals surface area contributed by atoms with Gasteiger partial charge in [-0.2, -0.15) is 0 Å². The molecule has 0 bridgehead atoms. The predicted octanol–water partition coefficient (Wildman–Crippen LogP) is 4.21. The number of likely N-dealkylation sites (tertiary alicyclic amines) is 1. The second kappa shape index (κ2) is 7.35. The van der Waals surface area contributed by atoms with E-state index >= 15 is 0 Å². The van der Waals surface area contributed by atoms with Gasteiger partial charge in [-0.3, -0.25) is 0 Å². The molecule has 0 aliphatic carbocycles. The maximum absolute atomic E-state index is 12.1. The number of alkyl halides is 3. The van der Waals surface area contributed by atoms with E-state index < -0.39 is 6.36 Å². The SMILES string of the molecule is FC(F)(F)Oc1ccc(OCCCN2CCCC2)c(Br)c1. The average molecular weight is 368 g/mol. The minimum Gasteiger partial charge on any atom is -0.492 e. The van der Waals surface area contributed by atoms with Gasteiger partial charge in [0.05, 0.1) is 11.1 Å². The summed E-state index contributed by atoms with van der Waals surface area (Å²) >= 11 is 3.19. The molecule has 118 valence electrons. The summed E-state index contributed by atoms with van der Waals surface area (Å²) in [5.41, 5.74) is 0. The molecular weight excluding hydrogens is 351 g/mol. The van der Waals surface area contributed by atoms with E-state index in [4.69, 9.17) is 4.74 Å². The Morgan fingerprint density at radius 1 is 1.19 bits per heavy atom. The van der Waals surface area contributed by atoms with Crippen LogP contribution in [0.4, 0.5) is 13.2 Å². The van der Waals surface area contributed by atoms with Crippen LogP contribution in [0.2, 0.25) is 0 Å². The van der Waals surface area contributed by atoms with E-state index in [1.807, 2.05) is 0 Å². The van der Waals surface area contributed by atoms with E-state index in [1.54, 1.807) is 0 Å². The van der Waals surface area contributed by atoms with Gasteiger partial charge in [0.15, 0.2) is 0 Å². The highest BCUT2D eigenvalue weighted by Gasteiger charge is 2.31. The van der Waals surface area contributed by atoms with Gasteiger partial charge in [-0.1, -0.05) is 0 Å². The molecule has 0 radical (unpaired) electrons. The smallest absolute Gasteiger partial charge is 0.492 e. The fourth-order valence-electron chi connectivity index (χ4n) is 2.27. The quantitative estimate of drug-likeness (QED) is 0.703. The molecule has 0 spiro atoms. The largest absolute Gasteiger partial charge is 0.573 e. The molecule has 1 aliphatic heterocycles. The van der Waals surface area contributed by atoms with Crippen LogP contribution in [0.3, 0.4) is 0 Å². The Hall–Kier alpha value is -0.950. The Kier molecular flexibility index (Phi) is 5.75. The van der Waals surface area contributed by atoms with E-state index in [0.29, 0.717) is 16.8 Å². The summed E-state index contributed by atoms with van der Waals surface area (Å²) in [6.07, 6.45) is -1.27. The molecule has 0 atom stereocenters. The zero-order chi connectivity index (χ0) is 15.3. The summed E-state index contributed by atoms with van der Waals surface area (Å²) in [6.45, 7) is 3.82. The van der Waals surface area contributed by atoms with Crippen molar-refractivity contribution in [2.24, 2.45) is 0 Å². The van der Waals surface area contributed by atoms with E-state index in [0.717, 1.165) is 26.1 Å². The second-order valence-electron chi connectivity index (χ2n) is 4.89. The molecule has 0 amide bonds. The van der Waals surface area contributed by atoms with Crippen LogP contribution in [0.1, 0.15) is 19.3 Å². The van der Waals surface area contributed by atoms with Crippen molar-refractivity contribution in [3.05, 3.63) is 22.7 Å². The molecule has 7 heteroatoms. The first-order valence-corrected chi connectivity index (χ1v) is 7.64. The van der Waals surface area contributed by atoms with Gasteiger partial charge in [0.2, 0.25) is 0 Å². The zero-order valence-corrected chi connectivity index (χ0v) is 13.0. The highest BCUT2D eigenvalue weighted by Crippen LogP contribution is 2.32. The summed E-state index contributed by atoms with van der Waals surface area (Å²) in [6, 6.07) is 3.97. The van der Waals surface area contributed by atoms with Crippen molar-refractivity contribution >= 4 is 15.9 Å². The number of halogens is 4. The fraction of sp³-hybridized carbons (Fsp3) is 0.571. The first-order chi connectivity index (χ1) is 9.94. The lowest BCUT2D eigenvalue weighted by atomic mass is 10.3. The van der Waals surface area contributed by atoms with Crippen molar-refractivity contribution in [3.8, 4) is 11.5 Å². The molecule has 1 saturated heterocycles. The lowest BCUT2D eigenvalue weighted by molar-refractivity contribution is -0.274. The van der Waals surface area contributed by atoms with Crippen LogP contribution in [0.5, 0.6) is 11.5 Å². The van der Waals surface area contributed by atoms with Gasteiger partial charge in [0.1, 0.15) is 11.5 Å². The molecule has 1 fully saturated rings. The third kappa shape index (κ3) is 5.74. The summed E-state index contributed by atoms with van der Waals surface area (Å²) in [5.74, 6) is 0.254. The Balaban J connectivity index is 1.77. The van der Waals surface area contributed by atoms with Crippen molar-refractivity contribution in [2.75, 3.05) is 26.2 Å². The summed E-state index contributed by atoms with van der Waals surface area (Å²) in [5, 5.41) is 0. The van der Waals surface area contributed by atoms with Gasteiger partial charge in [-0.15, -0.1) is 13.2 Å². The standard InChI is InChI=1S/C14H17BrF3NO2/c15-12-10-11(21-14(16,17)18)4-5-13(12)20-9-3-8-19-6-1-2-7-19/h4-5,10H,1-3,6-9H2. The van der Waals surface area contributed by atoms with Gasteiger partial charge in [0.25, 0.3) is 0 Å². The van der Waals surface area contributed by atoms with Gasteiger partial charge in [0, 0.05) is 6.54 Å². The van der Waals surface area contributed by atoms with Gasteiger partial charge in [-0.05, 0) is 66.5 Å². The van der Waals surface area contributed by atoms with Crippen molar-refractivity contribution in [2.45, 2.75) is 25.6 Å². The number of hydrogen-bond donors (Lipinski definition) is 0. The molecule has 2 rings (SSSR count). The normalized spacial score (nSPS) is 16.2. The van der Waals surface area contributed by atoms with E-state index in [2.05, 4.69) is 25.6 Å². The maximum atomic E-state index is 12.1. The van der Waals surface area contributed by atoms with Crippen LogP contribution in [0, 0.1) is 0 Å². The highest BCUT2D eigenvalue weighted by atomic mass is 79.9. The molecule has 0 aromatic heterocycles. The molecule has 21 heavy (non-hydrogen) atoms. The fourth-order valence-corrected chi connectivity index (χ4v) is 2.74. The molecule has 1 aromatic rings. The number of nitrogens with zero attached hydrogens (tertiary/aromatic N) is 1. The topological polar surface area (TPSA) is 21.7 Å². The minimum absolute atomic E-state index is 0.265. The maximum Gasteiger partial charge on any atom is 0.573 e. The van der Waals surface area contributed by atoms with Gasteiger partial charge < -0.3 is 14.4 Å². The lowest BCUT2D eigenvalue weighted by Crippen LogP contribution is -2.21. The predicted molar refractivity (Wildman–Crippen MR) is 76.6 cm³/mol. The first-order valence-electron chi connectivity index (χ1n) is 6.84. The van der Waals surface area contributed by atoms with Crippen molar-refractivity contribution in [3.63, 3.8) is 0 Å². The Morgan fingerprint density at radius 3 is 2.52 bits per heavy atom. The number of hydrogen-bond acceptors (Lipinski definition) is 3. The van der Waals surface area contributed by atoms with Crippen LogP contribution < -0.4 is 9.47 Å². The summed E-state index contributed by atoms with van der Waals surface area (Å²) < 4.78 is 46.1. The van der Waals surface area contributed by atoms with Gasteiger partial charge in [-0.25, -0.2) is 0 Å². The monoisotopic (exact) mass is 367 g/mol. The summed E-state index contributed by atoms with van der Waals surface area (Å²) in [4.78, 5) is 2.39. The Bertz CT molecular complexity index is 462. The molecule has 0 N–H and O–H groups in total. The Labute approximate surface area is 130 Å². The van der Waals surface area contributed by atoms with Crippen molar-refractivity contribution < 1.29 is 22.6 Å². The van der Waals surface area contributed by atoms with Crippen LogP contribution in [-0.2, 0) is 0 Å². The number of rotatable bonds is 6. The molecule has 1 aromatic carbocycles. The van der Waals surface area contributed by atoms with Crippen molar-refractivity contribution in [1.29, 1.82) is 0 Å². The van der Waals surface area contributed by atoms with E-state index in [9.17, 15) is 13.2 Å².